The monoisotopic (exact) mass is 152 g/mol. The molecule has 0 aromatic rings. The van der Waals surface area contributed by atoms with E-state index in [4.69, 9.17) is 7.85 Å². The van der Waals surface area contributed by atoms with Crippen molar-refractivity contribution in [3.63, 3.8) is 0 Å². The largest absolute Gasteiger partial charge is 0.870 e. The Kier molecular flexibility index (Phi) is 60.8. The zero-order chi connectivity index (χ0) is 4.83. The molecule has 0 aliphatic carbocycles. The maximum Gasteiger partial charge on any atom is -0.870 e. The van der Waals surface area contributed by atoms with Gasteiger partial charge in [-0.2, -0.15) is 0 Å². The molecule has 0 aromatic heterocycles. The van der Waals surface area contributed by atoms with E-state index in [-0.39, 0.29) is 23.4 Å². The number of hydrogen-bond donors (Lipinski definition) is 0. The van der Waals surface area contributed by atoms with Crippen molar-refractivity contribution in [3.05, 3.63) is 0 Å². The van der Waals surface area contributed by atoms with Crippen LogP contribution in [0.5, 0.6) is 0 Å². The third kappa shape index (κ3) is 30.4. The summed E-state index contributed by atoms with van der Waals surface area (Å²) in [5.41, 5.74) is 0. The van der Waals surface area contributed by atoms with Crippen molar-refractivity contribution in [3.8, 4) is 0 Å². The standard InChI is InChI=1S/C5H11B.ClH.2H2O/c1-2-3-4-5-6;;;/h2-5H2,1H3;1H;2*1H2/q+2;;;/p-2. The SMILES string of the molecule is Cl.[B+2]CCCCC.[OH-].[OH-]. The van der Waals surface area contributed by atoms with E-state index in [1.54, 1.807) is 0 Å². The summed E-state index contributed by atoms with van der Waals surface area (Å²) in [6.07, 6.45) is 4.61. The first-order valence-electron chi connectivity index (χ1n) is 2.62. The Morgan fingerprint density at radius 1 is 1.11 bits per heavy atom. The van der Waals surface area contributed by atoms with Gasteiger partial charge < -0.3 is 11.0 Å². The molecule has 0 aliphatic heterocycles. The van der Waals surface area contributed by atoms with Gasteiger partial charge >= 0.3 is 40.4 Å². The summed E-state index contributed by atoms with van der Waals surface area (Å²) in [6.45, 7) is 2.18. The van der Waals surface area contributed by atoms with Crippen LogP contribution >= 0.6 is 12.4 Å². The molecular weight excluding hydrogens is 138 g/mol. The van der Waals surface area contributed by atoms with E-state index >= 15 is 0 Å². The number of rotatable bonds is 3. The zero-order valence-corrected chi connectivity index (χ0v) is 6.52. The van der Waals surface area contributed by atoms with Crippen molar-refractivity contribution in [2.75, 3.05) is 0 Å². The van der Waals surface area contributed by atoms with Crippen LogP contribution in [0.3, 0.4) is 0 Å². The fourth-order valence-electron chi connectivity index (χ4n) is 0.394. The molecule has 0 rings (SSSR count). The van der Waals surface area contributed by atoms with Crippen molar-refractivity contribution in [2.24, 2.45) is 0 Å². The molecule has 0 saturated carbocycles. The Bertz CT molecular complexity index is 26.9. The Labute approximate surface area is 64.5 Å². The molecule has 0 bridgehead atoms. The molecule has 2 N–H and O–H groups in total. The molecule has 0 aromatic carbocycles. The zero-order valence-electron chi connectivity index (χ0n) is 5.71. The smallest absolute Gasteiger partial charge is 0.870 e. The van der Waals surface area contributed by atoms with Crippen molar-refractivity contribution in [2.45, 2.75) is 32.5 Å². The van der Waals surface area contributed by atoms with Crippen LogP contribution in [0.15, 0.2) is 0 Å². The normalized spacial score (nSPS) is 6.11. The predicted octanol–water partition coefficient (Wildman–Crippen LogP) is 1.83. The second-order valence-corrected chi connectivity index (χ2v) is 1.50. The van der Waals surface area contributed by atoms with E-state index in [9.17, 15) is 0 Å². The Balaban J connectivity index is -0.0000000417. The van der Waals surface area contributed by atoms with Crippen LogP contribution in [-0.4, -0.2) is 18.8 Å². The molecule has 0 radical (unpaired) electrons. The van der Waals surface area contributed by atoms with Gasteiger partial charge in [0.1, 0.15) is 0 Å². The Morgan fingerprint density at radius 3 is 1.67 bits per heavy atom. The molecule has 0 amide bonds. The Morgan fingerprint density at radius 2 is 1.56 bits per heavy atom. The first kappa shape index (κ1) is 22.8. The van der Waals surface area contributed by atoms with Crippen molar-refractivity contribution < 1.29 is 11.0 Å². The summed E-state index contributed by atoms with van der Waals surface area (Å²) in [5, 5.41) is 0. The molecule has 2 nitrogen and oxygen atoms in total. The van der Waals surface area contributed by atoms with Crippen LogP contribution < -0.4 is 0 Å². The summed E-state index contributed by atoms with van der Waals surface area (Å²) in [5.74, 6) is 0. The minimum Gasteiger partial charge on any atom is -0.870 e. The maximum absolute atomic E-state index is 5.21. The summed E-state index contributed by atoms with van der Waals surface area (Å²) in [7, 11) is 5.21. The van der Waals surface area contributed by atoms with Gasteiger partial charge in [0.05, 0.1) is 0 Å². The quantitative estimate of drug-likeness (QED) is 0.457. The van der Waals surface area contributed by atoms with Gasteiger partial charge in [-0.1, -0.05) is 0 Å². The molecular formula is C5H14BClO2. The predicted molar refractivity (Wildman–Crippen MR) is 41.2 cm³/mol. The van der Waals surface area contributed by atoms with E-state index in [2.05, 4.69) is 6.92 Å². The van der Waals surface area contributed by atoms with E-state index < -0.39 is 0 Å². The summed E-state index contributed by atoms with van der Waals surface area (Å²) in [4.78, 5) is 0. The molecule has 9 heavy (non-hydrogen) atoms. The number of unbranched alkanes of at least 4 members (excludes halogenated alkanes) is 2. The second kappa shape index (κ2) is 24.0. The van der Waals surface area contributed by atoms with Crippen LogP contribution in [0, 0.1) is 0 Å². The van der Waals surface area contributed by atoms with E-state index in [1.165, 1.54) is 19.3 Å². The molecule has 0 aliphatic rings. The van der Waals surface area contributed by atoms with Gasteiger partial charge in [0, 0.05) is 0 Å². The van der Waals surface area contributed by atoms with E-state index in [1.807, 2.05) is 0 Å². The fourth-order valence-corrected chi connectivity index (χ4v) is 0.394. The van der Waals surface area contributed by atoms with Gasteiger partial charge in [0.2, 0.25) is 0 Å². The molecule has 4 heteroatoms. The average Bonchev–Trinajstić information content (AvgIpc) is 1.61. The molecule has 56 valence electrons. The minimum atomic E-state index is 0. The van der Waals surface area contributed by atoms with Crippen LogP contribution in [-0.2, 0) is 0 Å². The van der Waals surface area contributed by atoms with Crippen LogP contribution in [0.2, 0.25) is 6.32 Å². The fraction of sp³-hybridized carbons (Fsp3) is 1.00. The van der Waals surface area contributed by atoms with Crippen molar-refractivity contribution >= 4 is 20.3 Å². The molecule has 0 heterocycles. The van der Waals surface area contributed by atoms with Gasteiger partial charge in [-0.15, -0.1) is 12.4 Å². The average molecular weight is 152 g/mol. The first-order chi connectivity index (χ1) is 2.91. The third-order valence-corrected chi connectivity index (χ3v) is 0.808. The maximum atomic E-state index is 5.21. The minimum absolute atomic E-state index is 0. The van der Waals surface area contributed by atoms with E-state index in [0.29, 0.717) is 0 Å². The second-order valence-electron chi connectivity index (χ2n) is 1.50. The van der Waals surface area contributed by atoms with Gasteiger partial charge in [-0.05, 0) is 0 Å². The molecule has 0 saturated heterocycles. The van der Waals surface area contributed by atoms with Gasteiger partial charge in [0.25, 0.3) is 0 Å². The van der Waals surface area contributed by atoms with Crippen LogP contribution in [0.4, 0.5) is 0 Å². The molecule has 0 unspecified atom stereocenters. The van der Waals surface area contributed by atoms with Gasteiger partial charge in [-0.25, -0.2) is 0 Å². The van der Waals surface area contributed by atoms with E-state index in [0.717, 1.165) is 6.32 Å². The molecule has 0 spiro atoms. The topological polar surface area (TPSA) is 60.0 Å². The first-order valence-corrected chi connectivity index (χ1v) is 2.62. The molecule has 0 atom stereocenters. The van der Waals surface area contributed by atoms with Crippen molar-refractivity contribution in [1.29, 1.82) is 0 Å². The number of hydrogen-bond acceptors (Lipinski definition) is 2. The third-order valence-electron chi connectivity index (χ3n) is 0.808. The molecule has 0 fully saturated rings. The number of halogens is 1. The van der Waals surface area contributed by atoms with Gasteiger partial charge in [-0.3, -0.25) is 0 Å². The van der Waals surface area contributed by atoms with Crippen LogP contribution in [0.1, 0.15) is 26.2 Å². The Hall–Kier alpha value is 0.275. The summed E-state index contributed by atoms with van der Waals surface area (Å²) in [6, 6.07) is 0. The summed E-state index contributed by atoms with van der Waals surface area (Å²) < 4.78 is 0. The van der Waals surface area contributed by atoms with Crippen molar-refractivity contribution in [1.82, 2.24) is 0 Å². The van der Waals surface area contributed by atoms with Crippen LogP contribution in [0.25, 0.3) is 0 Å². The van der Waals surface area contributed by atoms with Gasteiger partial charge in [0.15, 0.2) is 0 Å². The summed E-state index contributed by atoms with van der Waals surface area (Å²) >= 11 is 0.